The van der Waals surface area contributed by atoms with Gasteiger partial charge < -0.3 is 4.98 Å². The molecule has 0 bridgehead atoms. The first kappa shape index (κ1) is 7.88. The van der Waals surface area contributed by atoms with E-state index in [2.05, 4.69) is 16.0 Å². The van der Waals surface area contributed by atoms with Crippen LogP contribution in [0.4, 0.5) is 5.69 Å². The van der Waals surface area contributed by atoms with E-state index in [1.54, 1.807) is 11.8 Å². The maximum absolute atomic E-state index is 4.43. The molecule has 0 saturated heterocycles. The highest BCUT2D eigenvalue weighted by molar-refractivity contribution is 7.99. The van der Waals surface area contributed by atoms with Crippen molar-refractivity contribution >= 4 is 23.7 Å². The van der Waals surface area contributed by atoms with Crippen LogP contribution in [0, 0.1) is 0 Å². The topological polar surface area (TPSA) is 28.1 Å². The predicted octanol–water partition coefficient (Wildman–Crippen LogP) is 3.23. The molecule has 0 amide bonds. The summed E-state index contributed by atoms with van der Waals surface area (Å²) < 4.78 is 0. The van der Waals surface area contributed by atoms with Crippen molar-refractivity contribution in [3.8, 4) is 0 Å². The Kier molecular flexibility index (Phi) is 1.70. The van der Waals surface area contributed by atoms with Crippen molar-refractivity contribution in [1.82, 2.24) is 4.98 Å². The van der Waals surface area contributed by atoms with E-state index >= 15 is 0 Å². The number of fused-ring (bicyclic) bond motifs is 2. The Bertz CT molecular complexity index is 499. The third kappa shape index (κ3) is 1.17. The minimum absolute atomic E-state index is 1.05. The minimum atomic E-state index is 1.05. The van der Waals surface area contributed by atoms with Crippen molar-refractivity contribution in [2.24, 2.45) is 4.99 Å². The van der Waals surface area contributed by atoms with Crippen LogP contribution in [0.3, 0.4) is 0 Å². The molecule has 1 aliphatic heterocycles. The highest BCUT2D eigenvalue weighted by Crippen LogP contribution is 2.38. The Labute approximate surface area is 86.1 Å². The van der Waals surface area contributed by atoms with Crippen molar-refractivity contribution in [3.05, 3.63) is 42.2 Å². The maximum atomic E-state index is 4.43. The van der Waals surface area contributed by atoms with Crippen LogP contribution in [0.2, 0.25) is 0 Å². The van der Waals surface area contributed by atoms with Gasteiger partial charge in [0.05, 0.1) is 5.69 Å². The first-order valence-electron chi connectivity index (χ1n) is 4.41. The zero-order valence-corrected chi connectivity index (χ0v) is 8.21. The molecule has 1 N–H and O–H groups in total. The van der Waals surface area contributed by atoms with Gasteiger partial charge in [0, 0.05) is 34.0 Å². The first-order valence-corrected chi connectivity index (χ1v) is 5.23. The normalized spacial score (nSPS) is 13.1. The second-order valence-corrected chi connectivity index (χ2v) is 4.19. The fraction of sp³-hybridized carbons (Fsp3) is 0. The number of benzene rings is 1. The summed E-state index contributed by atoms with van der Waals surface area (Å²) in [5.74, 6) is 0. The van der Waals surface area contributed by atoms with E-state index in [1.165, 1.54) is 9.79 Å². The van der Waals surface area contributed by atoms with Crippen LogP contribution in [-0.2, 0) is 0 Å². The van der Waals surface area contributed by atoms with Crippen LogP contribution in [0.25, 0.3) is 0 Å². The molecular formula is C11H8N2S. The third-order valence-electron chi connectivity index (χ3n) is 2.17. The van der Waals surface area contributed by atoms with Gasteiger partial charge in [0.15, 0.2) is 0 Å². The molecule has 1 aromatic heterocycles. The Balaban J connectivity index is 2.19. The van der Waals surface area contributed by atoms with Gasteiger partial charge in [-0.15, -0.1) is 0 Å². The number of hydrogen-bond donors (Lipinski definition) is 1. The second kappa shape index (κ2) is 3.03. The van der Waals surface area contributed by atoms with Gasteiger partial charge in [0.2, 0.25) is 0 Å². The summed E-state index contributed by atoms with van der Waals surface area (Å²) in [6.07, 6.45) is 5.89. The molecule has 0 aliphatic carbocycles. The van der Waals surface area contributed by atoms with Crippen LogP contribution < -0.4 is 0 Å². The SMILES string of the molecule is C1=Nc2ccccc2Sc2c[nH]cc21. The molecule has 0 saturated carbocycles. The van der Waals surface area contributed by atoms with Crippen molar-refractivity contribution in [2.45, 2.75) is 9.79 Å². The van der Waals surface area contributed by atoms with E-state index in [1.807, 2.05) is 36.8 Å². The fourth-order valence-corrected chi connectivity index (χ4v) is 2.42. The van der Waals surface area contributed by atoms with Crippen molar-refractivity contribution in [1.29, 1.82) is 0 Å². The van der Waals surface area contributed by atoms with E-state index in [-0.39, 0.29) is 0 Å². The van der Waals surface area contributed by atoms with Gasteiger partial charge in [-0.2, -0.15) is 0 Å². The van der Waals surface area contributed by atoms with E-state index in [9.17, 15) is 0 Å². The Hall–Kier alpha value is -1.48. The molecule has 0 unspecified atom stereocenters. The summed E-state index contributed by atoms with van der Waals surface area (Å²) in [5, 5.41) is 0. The molecule has 3 rings (SSSR count). The Morgan fingerprint density at radius 1 is 1.07 bits per heavy atom. The lowest BCUT2D eigenvalue weighted by Gasteiger charge is -2.00. The largest absolute Gasteiger partial charge is 0.366 e. The lowest BCUT2D eigenvalue weighted by Crippen LogP contribution is -1.74. The Morgan fingerprint density at radius 2 is 2.00 bits per heavy atom. The van der Waals surface area contributed by atoms with Crippen molar-refractivity contribution in [2.75, 3.05) is 0 Å². The first-order chi connectivity index (χ1) is 6.93. The lowest BCUT2D eigenvalue weighted by molar-refractivity contribution is 1.36. The number of H-pyrrole nitrogens is 1. The molecule has 68 valence electrons. The number of nitrogens with zero attached hydrogens (tertiary/aromatic N) is 1. The number of rotatable bonds is 0. The summed E-state index contributed by atoms with van der Waals surface area (Å²) in [5.41, 5.74) is 2.21. The van der Waals surface area contributed by atoms with Gasteiger partial charge >= 0.3 is 0 Å². The maximum Gasteiger partial charge on any atom is 0.0769 e. The molecule has 1 aromatic carbocycles. The molecule has 2 nitrogen and oxygen atoms in total. The highest BCUT2D eigenvalue weighted by atomic mass is 32.2. The van der Waals surface area contributed by atoms with Gasteiger partial charge in [-0.3, -0.25) is 4.99 Å². The molecule has 14 heavy (non-hydrogen) atoms. The van der Waals surface area contributed by atoms with Crippen molar-refractivity contribution in [3.63, 3.8) is 0 Å². The zero-order chi connectivity index (χ0) is 9.38. The monoisotopic (exact) mass is 200 g/mol. The number of aromatic amines is 1. The second-order valence-electron chi connectivity index (χ2n) is 3.10. The van der Waals surface area contributed by atoms with E-state index in [0.29, 0.717) is 0 Å². The summed E-state index contributed by atoms with van der Waals surface area (Å²) in [6, 6.07) is 8.19. The number of nitrogens with one attached hydrogen (secondary N) is 1. The van der Waals surface area contributed by atoms with Crippen molar-refractivity contribution < 1.29 is 0 Å². The molecule has 2 aromatic rings. The average molecular weight is 200 g/mol. The molecule has 0 fully saturated rings. The molecule has 2 heterocycles. The molecule has 0 radical (unpaired) electrons. The number of aliphatic imine (C=N–C) groups is 1. The van der Waals surface area contributed by atoms with Gasteiger partial charge in [-0.25, -0.2) is 0 Å². The van der Waals surface area contributed by atoms with Gasteiger partial charge in [-0.1, -0.05) is 23.9 Å². The molecule has 3 heteroatoms. The van der Waals surface area contributed by atoms with E-state index < -0.39 is 0 Å². The van der Waals surface area contributed by atoms with Gasteiger partial charge in [0.1, 0.15) is 0 Å². The Morgan fingerprint density at radius 3 is 3.00 bits per heavy atom. The summed E-state index contributed by atoms with van der Waals surface area (Å²) in [6.45, 7) is 0. The van der Waals surface area contributed by atoms with Crippen LogP contribution in [0.5, 0.6) is 0 Å². The number of para-hydroxylation sites is 1. The van der Waals surface area contributed by atoms with Crippen LogP contribution in [0.1, 0.15) is 5.56 Å². The highest BCUT2D eigenvalue weighted by Gasteiger charge is 2.10. The molecule has 0 atom stereocenters. The zero-order valence-electron chi connectivity index (χ0n) is 7.40. The number of hydrogen-bond acceptors (Lipinski definition) is 2. The standard InChI is InChI=1S/C11H8N2S/c1-2-4-10-9(3-1)13-6-8-5-12-7-11(8)14-10/h1-7,12H. The van der Waals surface area contributed by atoms with Crippen LogP contribution in [0.15, 0.2) is 51.4 Å². The molecule has 0 spiro atoms. The number of aromatic nitrogens is 1. The lowest BCUT2D eigenvalue weighted by atomic mass is 10.3. The van der Waals surface area contributed by atoms with Gasteiger partial charge in [-0.05, 0) is 12.1 Å². The smallest absolute Gasteiger partial charge is 0.0769 e. The van der Waals surface area contributed by atoms with Crippen LogP contribution in [-0.4, -0.2) is 11.2 Å². The van der Waals surface area contributed by atoms with E-state index in [4.69, 9.17) is 0 Å². The summed E-state index contributed by atoms with van der Waals surface area (Å²) in [4.78, 5) is 9.97. The predicted molar refractivity (Wildman–Crippen MR) is 58.6 cm³/mol. The fourth-order valence-electron chi connectivity index (χ4n) is 1.46. The average Bonchev–Trinajstić information content (AvgIpc) is 2.58. The van der Waals surface area contributed by atoms with E-state index in [0.717, 1.165) is 11.3 Å². The summed E-state index contributed by atoms with van der Waals surface area (Å²) in [7, 11) is 0. The van der Waals surface area contributed by atoms with Crippen LogP contribution >= 0.6 is 11.8 Å². The van der Waals surface area contributed by atoms with Gasteiger partial charge in [0.25, 0.3) is 0 Å². The molecule has 1 aliphatic rings. The minimum Gasteiger partial charge on any atom is -0.366 e. The molecular weight excluding hydrogens is 192 g/mol. The quantitative estimate of drug-likeness (QED) is 0.593. The summed E-state index contributed by atoms with van der Waals surface area (Å²) >= 11 is 1.75. The third-order valence-corrected chi connectivity index (χ3v) is 3.30.